The normalized spacial score (nSPS) is 11.2. The third-order valence-corrected chi connectivity index (χ3v) is 3.06. The summed E-state index contributed by atoms with van der Waals surface area (Å²) >= 11 is 6.08. The Morgan fingerprint density at radius 3 is 2.63 bits per heavy atom. The van der Waals surface area contributed by atoms with Gasteiger partial charge in [0, 0.05) is 18.3 Å². The highest BCUT2D eigenvalue weighted by atomic mass is 35.5. The second-order valence-electron chi connectivity index (χ2n) is 5.17. The van der Waals surface area contributed by atoms with Gasteiger partial charge >= 0.3 is 0 Å². The van der Waals surface area contributed by atoms with Crippen LogP contribution in [0, 0.1) is 0 Å². The zero-order chi connectivity index (χ0) is 14.5. The molecular formula is C14H22ClN3O. The number of anilines is 1. The first-order valence-electron chi connectivity index (χ1n) is 6.61. The van der Waals surface area contributed by atoms with E-state index in [0.717, 1.165) is 19.4 Å². The van der Waals surface area contributed by atoms with Crippen LogP contribution in [-0.2, 0) is 0 Å². The fourth-order valence-corrected chi connectivity index (χ4v) is 2.16. The summed E-state index contributed by atoms with van der Waals surface area (Å²) in [4.78, 5) is 16.3. The maximum Gasteiger partial charge on any atom is 0.253 e. The van der Waals surface area contributed by atoms with Crippen LogP contribution in [0.5, 0.6) is 0 Å². The average molecular weight is 284 g/mol. The second kappa shape index (κ2) is 6.75. The highest BCUT2D eigenvalue weighted by Crippen LogP contribution is 2.20. The van der Waals surface area contributed by atoms with Crippen LogP contribution in [0.25, 0.3) is 0 Å². The van der Waals surface area contributed by atoms with Crippen LogP contribution in [0.4, 0.5) is 5.82 Å². The van der Waals surface area contributed by atoms with Crippen molar-refractivity contribution < 1.29 is 4.79 Å². The predicted octanol–water partition coefficient (Wildman–Crippen LogP) is 3.48. The molecule has 0 bridgehead atoms. The number of hydrogen-bond donors (Lipinski definition) is 2. The van der Waals surface area contributed by atoms with E-state index in [9.17, 15) is 4.79 Å². The summed E-state index contributed by atoms with van der Waals surface area (Å²) in [6.45, 7) is 8.82. The minimum atomic E-state index is -0.224. The van der Waals surface area contributed by atoms with E-state index >= 15 is 0 Å². The highest BCUT2D eigenvalue weighted by Gasteiger charge is 2.20. The van der Waals surface area contributed by atoms with Gasteiger partial charge < -0.3 is 10.6 Å². The first kappa shape index (κ1) is 15.8. The molecule has 0 fully saturated rings. The fraction of sp³-hybridized carbons (Fsp3) is 0.571. The SMILES string of the molecule is CCCC(C)(C)NC(=O)c1cnc(NCC)c(Cl)c1. The number of hydrogen-bond acceptors (Lipinski definition) is 3. The van der Waals surface area contributed by atoms with Gasteiger partial charge in [0.1, 0.15) is 5.82 Å². The van der Waals surface area contributed by atoms with Crippen LogP contribution < -0.4 is 10.6 Å². The van der Waals surface area contributed by atoms with Gasteiger partial charge in [-0.1, -0.05) is 24.9 Å². The van der Waals surface area contributed by atoms with Crippen molar-refractivity contribution in [1.82, 2.24) is 10.3 Å². The summed E-state index contributed by atoms with van der Waals surface area (Å²) < 4.78 is 0. The van der Waals surface area contributed by atoms with E-state index in [0.29, 0.717) is 16.4 Å². The van der Waals surface area contributed by atoms with Gasteiger partial charge in [-0.15, -0.1) is 0 Å². The Morgan fingerprint density at radius 1 is 1.42 bits per heavy atom. The number of amides is 1. The van der Waals surface area contributed by atoms with Crippen LogP contribution in [-0.4, -0.2) is 23.0 Å². The van der Waals surface area contributed by atoms with Crippen molar-refractivity contribution in [1.29, 1.82) is 0 Å². The van der Waals surface area contributed by atoms with Crippen molar-refractivity contribution in [3.8, 4) is 0 Å². The van der Waals surface area contributed by atoms with Gasteiger partial charge in [0.2, 0.25) is 0 Å². The van der Waals surface area contributed by atoms with E-state index in [1.807, 2.05) is 20.8 Å². The first-order chi connectivity index (χ1) is 8.89. The third kappa shape index (κ3) is 4.71. The molecule has 5 heteroatoms. The molecule has 0 atom stereocenters. The number of aromatic nitrogens is 1. The lowest BCUT2D eigenvalue weighted by atomic mass is 9.98. The van der Waals surface area contributed by atoms with Crippen LogP contribution in [0.3, 0.4) is 0 Å². The molecule has 0 unspecified atom stereocenters. The molecule has 0 aliphatic rings. The summed E-state index contributed by atoms with van der Waals surface area (Å²) in [5.41, 5.74) is 0.259. The number of pyridine rings is 1. The predicted molar refractivity (Wildman–Crippen MR) is 79.9 cm³/mol. The van der Waals surface area contributed by atoms with Crippen molar-refractivity contribution in [2.24, 2.45) is 0 Å². The molecule has 0 aliphatic heterocycles. The van der Waals surface area contributed by atoms with Gasteiger partial charge in [-0.3, -0.25) is 4.79 Å². The molecule has 0 saturated heterocycles. The van der Waals surface area contributed by atoms with Crippen LogP contribution in [0.15, 0.2) is 12.3 Å². The molecule has 106 valence electrons. The van der Waals surface area contributed by atoms with Crippen LogP contribution >= 0.6 is 11.6 Å². The van der Waals surface area contributed by atoms with Gasteiger partial charge in [0.25, 0.3) is 5.91 Å². The molecule has 0 aromatic carbocycles. The van der Waals surface area contributed by atoms with E-state index in [4.69, 9.17) is 11.6 Å². The van der Waals surface area contributed by atoms with Gasteiger partial charge in [-0.2, -0.15) is 0 Å². The number of nitrogens with zero attached hydrogens (tertiary/aromatic N) is 1. The molecule has 2 N–H and O–H groups in total. The molecule has 1 heterocycles. The van der Waals surface area contributed by atoms with Gasteiger partial charge in [-0.25, -0.2) is 4.98 Å². The molecule has 4 nitrogen and oxygen atoms in total. The molecule has 0 spiro atoms. The van der Waals surface area contributed by atoms with Gasteiger partial charge in [0.05, 0.1) is 10.6 Å². The fourth-order valence-electron chi connectivity index (χ4n) is 1.93. The van der Waals surface area contributed by atoms with E-state index in [1.165, 1.54) is 0 Å². The molecule has 19 heavy (non-hydrogen) atoms. The molecule has 1 aromatic heterocycles. The zero-order valence-corrected chi connectivity index (χ0v) is 12.8. The standard InChI is InChI=1S/C14H22ClN3O/c1-5-7-14(3,4)18-13(19)10-8-11(15)12(16-6-2)17-9-10/h8-9H,5-7H2,1-4H3,(H,16,17)(H,18,19). The van der Waals surface area contributed by atoms with E-state index < -0.39 is 0 Å². The van der Waals surface area contributed by atoms with E-state index in [1.54, 1.807) is 12.3 Å². The minimum absolute atomic E-state index is 0.143. The number of nitrogens with one attached hydrogen (secondary N) is 2. The van der Waals surface area contributed by atoms with Gasteiger partial charge in [-0.05, 0) is 33.3 Å². The Bertz CT molecular complexity index is 446. The van der Waals surface area contributed by atoms with E-state index in [-0.39, 0.29) is 11.4 Å². The molecule has 0 saturated carbocycles. The lowest BCUT2D eigenvalue weighted by Gasteiger charge is -2.25. The molecule has 1 aromatic rings. The van der Waals surface area contributed by atoms with Crippen molar-refractivity contribution in [2.75, 3.05) is 11.9 Å². The number of carbonyl (C=O) groups excluding carboxylic acids is 1. The Hall–Kier alpha value is -1.29. The summed E-state index contributed by atoms with van der Waals surface area (Å²) in [5.74, 6) is 0.462. The molecule has 0 radical (unpaired) electrons. The van der Waals surface area contributed by atoms with Gasteiger partial charge in [0.15, 0.2) is 0 Å². The molecule has 1 amide bonds. The quantitative estimate of drug-likeness (QED) is 0.840. The monoisotopic (exact) mass is 283 g/mol. The topological polar surface area (TPSA) is 54.0 Å². The molecule has 0 aliphatic carbocycles. The summed E-state index contributed by atoms with van der Waals surface area (Å²) in [6.07, 6.45) is 3.49. The van der Waals surface area contributed by atoms with Crippen molar-refractivity contribution in [3.05, 3.63) is 22.8 Å². The van der Waals surface area contributed by atoms with Crippen LogP contribution in [0.2, 0.25) is 5.02 Å². The maximum atomic E-state index is 12.1. The Kier molecular flexibility index (Phi) is 5.60. The lowest BCUT2D eigenvalue weighted by Crippen LogP contribution is -2.43. The Labute approximate surface area is 120 Å². The Morgan fingerprint density at radius 2 is 2.11 bits per heavy atom. The largest absolute Gasteiger partial charge is 0.369 e. The van der Waals surface area contributed by atoms with Crippen LogP contribution in [0.1, 0.15) is 50.9 Å². The van der Waals surface area contributed by atoms with Crippen molar-refractivity contribution >= 4 is 23.3 Å². The summed E-state index contributed by atoms with van der Waals surface area (Å²) in [7, 11) is 0. The second-order valence-corrected chi connectivity index (χ2v) is 5.58. The molecular weight excluding hydrogens is 262 g/mol. The van der Waals surface area contributed by atoms with Crippen molar-refractivity contribution in [2.45, 2.75) is 46.1 Å². The number of rotatable bonds is 6. The first-order valence-corrected chi connectivity index (χ1v) is 6.99. The third-order valence-electron chi connectivity index (χ3n) is 2.77. The van der Waals surface area contributed by atoms with E-state index in [2.05, 4.69) is 22.5 Å². The number of halogens is 1. The highest BCUT2D eigenvalue weighted by molar-refractivity contribution is 6.33. The lowest BCUT2D eigenvalue weighted by molar-refractivity contribution is 0.0908. The summed E-state index contributed by atoms with van der Waals surface area (Å²) in [6, 6.07) is 1.64. The number of carbonyl (C=O) groups is 1. The minimum Gasteiger partial charge on any atom is -0.369 e. The molecule has 1 rings (SSSR count). The average Bonchev–Trinajstić information content (AvgIpc) is 2.31. The maximum absolute atomic E-state index is 12.1. The Balaban J connectivity index is 2.80. The summed E-state index contributed by atoms with van der Waals surface area (Å²) in [5, 5.41) is 6.49. The van der Waals surface area contributed by atoms with Crippen molar-refractivity contribution in [3.63, 3.8) is 0 Å². The zero-order valence-electron chi connectivity index (χ0n) is 12.0. The smallest absolute Gasteiger partial charge is 0.253 e.